The molecule has 0 aromatic carbocycles. The third kappa shape index (κ3) is 4.61. The normalized spacial score (nSPS) is 14.2. The number of rotatable bonds is 6. The van der Waals surface area contributed by atoms with Crippen LogP contribution in [0.3, 0.4) is 0 Å². The van der Waals surface area contributed by atoms with Gasteiger partial charge >= 0.3 is 6.18 Å². The quantitative estimate of drug-likeness (QED) is 0.851. The maximum atomic E-state index is 11.8. The highest BCUT2D eigenvalue weighted by atomic mass is 19.4. The molecule has 0 aliphatic heterocycles. The first-order valence-electron chi connectivity index (χ1n) is 5.50. The Balaban J connectivity index is 2.53. The van der Waals surface area contributed by atoms with Crippen LogP contribution in [-0.4, -0.2) is 29.5 Å². The van der Waals surface area contributed by atoms with Gasteiger partial charge in [0.25, 0.3) is 0 Å². The van der Waals surface area contributed by atoms with Crippen LogP contribution in [0.2, 0.25) is 0 Å². The molecule has 1 aromatic heterocycles. The Hall–Kier alpha value is -1.15. The van der Waals surface area contributed by atoms with Gasteiger partial charge in [0.2, 0.25) is 5.89 Å². The zero-order valence-electron chi connectivity index (χ0n) is 10.2. The van der Waals surface area contributed by atoms with Crippen LogP contribution < -0.4 is 5.73 Å². The molecule has 104 valence electrons. The highest BCUT2D eigenvalue weighted by molar-refractivity contribution is 4.95. The smallest absolute Gasteiger partial charge is 0.364 e. The fourth-order valence-electron chi connectivity index (χ4n) is 1.39. The van der Waals surface area contributed by atoms with E-state index in [4.69, 9.17) is 10.3 Å². The maximum Gasteiger partial charge on any atom is 0.411 e. The summed E-state index contributed by atoms with van der Waals surface area (Å²) in [4.78, 5) is 3.97. The molecule has 5 nitrogen and oxygen atoms in total. The molecule has 8 heteroatoms. The summed E-state index contributed by atoms with van der Waals surface area (Å²) in [6.07, 6.45) is -4.36. The van der Waals surface area contributed by atoms with Crippen molar-refractivity contribution in [3.05, 3.63) is 11.7 Å². The van der Waals surface area contributed by atoms with E-state index < -0.39 is 12.8 Å². The van der Waals surface area contributed by atoms with E-state index in [1.807, 2.05) is 13.8 Å². The lowest BCUT2D eigenvalue weighted by molar-refractivity contribution is -0.177. The molecule has 0 amide bonds. The first-order valence-corrected chi connectivity index (χ1v) is 5.50. The summed E-state index contributed by atoms with van der Waals surface area (Å²) in [6.45, 7) is 2.56. The summed E-state index contributed by atoms with van der Waals surface area (Å²) in [5.74, 6) is 0.528. The predicted octanol–water partition coefficient (Wildman–Crippen LogP) is 1.85. The lowest BCUT2D eigenvalue weighted by Crippen LogP contribution is -2.18. The topological polar surface area (TPSA) is 74.2 Å². The van der Waals surface area contributed by atoms with Crippen LogP contribution in [-0.2, 0) is 11.3 Å². The van der Waals surface area contributed by atoms with Crippen molar-refractivity contribution >= 4 is 0 Å². The Labute approximate surface area is 102 Å². The van der Waals surface area contributed by atoms with E-state index >= 15 is 0 Å². The third-order valence-corrected chi connectivity index (χ3v) is 2.36. The highest BCUT2D eigenvalue weighted by Crippen LogP contribution is 2.21. The molecule has 1 rings (SSSR count). The molecular formula is C10H16F3N3O2. The van der Waals surface area contributed by atoms with Gasteiger partial charge in [0.1, 0.15) is 13.2 Å². The molecule has 0 bridgehead atoms. The summed E-state index contributed by atoms with van der Waals surface area (Å²) in [5, 5.41) is 3.55. The molecule has 1 aromatic rings. The number of halogens is 3. The Kier molecular flexibility index (Phi) is 5.09. The summed E-state index contributed by atoms with van der Waals surface area (Å²) < 4.78 is 44.9. The van der Waals surface area contributed by atoms with Crippen molar-refractivity contribution in [2.45, 2.75) is 32.5 Å². The van der Waals surface area contributed by atoms with Gasteiger partial charge in [0, 0.05) is 6.54 Å². The minimum absolute atomic E-state index is 0.0911. The summed E-state index contributed by atoms with van der Waals surface area (Å²) in [7, 11) is 0. The van der Waals surface area contributed by atoms with Gasteiger partial charge in [-0.2, -0.15) is 18.2 Å². The predicted molar refractivity (Wildman–Crippen MR) is 56.6 cm³/mol. The standard InChI is InChI=1S/C10H16F3N3O2/c1-6(2)7(3-14)9-15-8(16-18-9)4-17-5-10(11,12)13/h6-7H,3-5,14H2,1-2H3. The summed E-state index contributed by atoms with van der Waals surface area (Å²) in [5.41, 5.74) is 5.56. The largest absolute Gasteiger partial charge is 0.411 e. The van der Waals surface area contributed by atoms with Crippen molar-refractivity contribution < 1.29 is 22.4 Å². The number of ether oxygens (including phenoxy) is 1. The fraction of sp³-hybridized carbons (Fsp3) is 0.800. The van der Waals surface area contributed by atoms with Crippen LogP contribution in [0.25, 0.3) is 0 Å². The zero-order valence-corrected chi connectivity index (χ0v) is 10.2. The second-order valence-corrected chi connectivity index (χ2v) is 4.24. The van der Waals surface area contributed by atoms with E-state index in [1.165, 1.54) is 0 Å². The average molecular weight is 267 g/mol. The van der Waals surface area contributed by atoms with Crippen LogP contribution >= 0.6 is 0 Å². The minimum Gasteiger partial charge on any atom is -0.364 e. The van der Waals surface area contributed by atoms with Crippen molar-refractivity contribution in [2.24, 2.45) is 11.7 Å². The van der Waals surface area contributed by atoms with Crippen LogP contribution in [0.5, 0.6) is 0 Å². The monoisotopic (exact) mass is 267 g/mol. The molecule has 0 radical (unpaired) electrons. The van der Waals surface area contributed by atoms with Gasteiger partial charge < -0.3 is 15.0 Å². The first-order chi connectivity index (χ1) is 8.33. The van der Waals surface area contributed by atoms with Gasteiger partial charge in [-0.25, -0.2) is 0 Å². The molecule has 0 saturated heterocycles. The summed E-state index contributed by atoms with van der Waals surface area (Å²) in [6, 6.07) is 0. The SMILES string of the molecule is CC(C)C(CN)c1nc(COCC(F)(F)F)no1. The van der Waals surface area contributed by atoms with E-state index in [0.717, 1.165) is 0 Å². The number of aromatic nitrogens is 2. The number of alkyl halides is 3. The molecule has 1 unspecified atom stereocenters. The van der Waals surface area contributed by atoms with E-state index in [9.17, 15) is 13.2 Å². The van der Waals surface area contributed by atoms with Crippen molar-refractivity contribution in [3.8, 4) is 0 Å². The molecule has 1 heterocycles. The molecule has 0 saturated carbocycles. The van der Waals surface area contributed by atoms with Crippen molar-refractivity contribution in [1.29, 1.82) is 0 Å². The lowest BCUT2D eigenvalue weighted by atomic mass is 9.96. The molecule has 0 aliphatic rings. The van der Waals surface area contributed by atoms with E-state index in [1.54, 1.807) is 0 Å². The van der Waals surface area contributed by atoms with Crippen molar-refractivity contribution in [2.75, 3.05) is 13.2 Å². The van der Waals surface area contributed by atoms with Crippen LogP contribution in [0.4, 0.5) is 13.2 Å². The first kappa shape index (κ1) is 14.9. The van der Waals surface area contributed by atoms with Crippen LogP contribution in [0.1, 0.15) is 31.5 Å². The molecule has 2 N–H and O–H groups in total. The van der Waals surface area contributed by atoms with Gasteiger partial charge in [-0.1, -0.05) is 19.0 Å². The summed E-state index contributed by atoms with van der Waals surface area (Å²) >= 11 is 0. The lowest BCUT2D eigenvalue weighted by Gasteiger charge is -2.13. The molecule has 0 fully saturated rings. The molecular weight excluding hydrogens is 251 g/mol. The van der Waals surface area contributed by atoms with Crippen molar-refractivity contribution in [3.63, 3.8) is 0 Å². The van der Waals surface area contributed by atoms with E-state index in [0.29, 0.717) is 12.4 Å². The van der Waals surface area contributed by atoms with Gasteiger partial charge in [-0.15, -0.1) is 0 Å². The van der Waals surface area contributed by atoms with Gasteiger partial charge in [0.05, 0.1) is 5.92 Å². The number of nitrogens with two attached hydrogens (primary N) is 1. The van der Waals surface area contributed by atoms with Crippen molar-refractivity contribution in [1.82, 2.24) is 10.1 Å². The number of hydrogen-bond donors (Lipinski definition) is 1. The zero-order chi connectivity index (χ0) is 13.8. The Morgan fingerprint density at radius 2 is 2.06 bits per heavy atom. The molecule has 1 atom stereocenters. The second kappa shape index (κ2) is 6.14. The van der Waals surface area contributed by atoms with E-state index in [-0.39, 0.29) is 24.3 Å². The molecule has 18 heavy (non-hydrogen) atoms. The Morgan fingerprint density at radius 3 is 2.56 bits per heavy atom. The average Bonchev–Trinajstić information content (AvgIpc) is 2.65. The molecule has 0 aliphatic carbocycles. The number of hydrogen-bond acceptors (Lipinski definition) is 5. The third-order valence-electron chi connectivity index (χ3n) is 2.36. The highest BCUT2D eigenvalue weighted by Gasteiger charge is 2.28. The van der Waals surface area contributed by atoms with E-state index in [2.05, 4.69) is 14.9 Å². The maximum absolute atomic E-state index is 11.8. The van der Waals surface area contributed by atoms with Gasteiger partial charge in [0.15, 0.2) is 5.82 Å². The second-order valence-electron chi connectivity index (χ2n) is 4.24. The molecule has 0 spiro atoms. The Bertz CT molecular complexity index is 365. The van der Waals surface area contributed by atoms with Crippen LogP contribution in [0, 0.1) is 5.92 Å². The minimum atomic E-state index is -4.36. The fourth-order valence-corrected chi connectivity index (χ4v) is 1.39. The Morgan fingerprint density at radius 1 is 1.39 bits per heavy atom. The van der Waals surface area contributed by atoms with Gasteiger partial charge in [-0.05, 0) is 5.92 Å². The van der Waals surface area contributed by atoms with Gasteiger partial charge in [-0.3, -0.25) is 0 Å². The number of nitrogens with zero attached hydrogens (tertiary/aromatic N) is 2. The van der Waals surface area contributed by atoms with Crippen LogP contribution in [0.15, 0.2) is 4.52 Å².